The van der Waals surface area contributed by atoms with E-state index in [0.717, 1.165) is 5.56 Å². The average Bonchev–Trinajstić information content (AvgIpc) is 1.92. The van der Waals surface area contributed by atoms with Crippen LogP contribution in [0, 0.1) is 6.92 Å². The van der Waals surface area contributed by atoms with E-state index in [9.17, 15) is 5.11 Å². The zero-order valence-corrected chi connectivity index (χ0v) is 8.68. The van der Waals surface area contributed by atoms with Crippen molar-refractivity contribution in [2.45, 2.75) is 33.1 Å². The quantitative estimate of drug-likeness (QED) is 0.656. The number of aryl methyl sites for hydroxylation is 1. The topological polar surface area (TPSA) is 51.7 Å². The second-order valence-corrected chi connectivity index (χ2v) is 4.27. The molecule has 2 heteroatoms. The number of rotatable bonds is 0. The molecule has 74 valence electrons. The molecule has 0 saturated heterocycles. The Morgan fingerprint density at radius 2 is 1.69 bits per heavy atom. The summed E-state index contributed by atoms with van der Waals surface area (Å²) < 4.78 is 0. The second kappa shape index (κ2) is 3.79. The minimum absolute atomic E-state index is 0. The zero-order chi connectivity index (χ0) is 9.35. The maximum Gasteiger partial charge on any atom is 0.119 e. The molecule has 1 aromatic rings. The van der Waals surface area contributed by atoms with Crippen LogP contribution in [0.4, 0.5) is 0 Å². The first-order chi connectivity index (χ1) is 5.41. The van der Waals surface area contributed by atoms with Crippen molar-refractivity contribution in [3.05, 3.63) is 29.3 Å². The van der Waals surface area contributed by atoms with Crippen molar-refractivity contribution in [3.63, 3.8) is 0 Å². The fraction of sp³-hybridized carbons (Fsp3) is 0.455. The molecule has 0 heterocycles. The third kappa shape index (κ3) is 2.74. The van der Waals surface area contributed by atoms with Gasteiger partial charge < -0.3 is 10.6 Å². The van der Waals surface area contributed by atoms with E-state index in [-0.39, 0.29) is 10.9 Å². The summed E-state index contributed by atoms with van der Waals surface area (Å²) in [5.74, 6) is 0.396. The number of benzene rings is 1. The Morgan fingerprint density at radius 1 is 1.15 bits per heavy atom. The highest BCUT2D eigenvalue weighted by Crippen LogP contribution is 2.30. The maximum absolute atomic E-state index is 9.57. The first kappa shape index (κ1) is 12.0. The summed E-state index contributed by atoms with van der Waals surface area (Å²) in [4.78, 5) is 0. The van der Waals surface area contributed by atoms with Crippen molar-refractivity contribution in [2.75, 3.05) is 0 Å². The Bertz CT molecular complexity index is 285. The molecule has 0 fully saturated rings. The van der Waals surface area contributed by atoms with E-state index in [0.29, 0.717) is 5.75 Å². The molecular formula is C11H18O2. The van der Waals surface area contributed by atoms with Crippen LogP contribution in [0.1, 0.15) is 31.9 Å². The van der Waals surface area contributed by atoms with E-state index >= 15 is 0 Å². The summed E-state index contributed by atoms with van der Waals surface area (Å²) >= 11 is 0. The molecule has 0 amide bonds. The molecule has 1 aromatic carbocycles. The third-order valence-corrected chi connectivity index (χ3v) is 1.96. The van der Waals surface area contributed by atoms with Crippen LogP contribution in [0.25, 0.3) is 0 Å². The van der Waals surface area contributed by atoms with Gasteiger partial charge >= 0.3 is 0 Å². The van der Waals surface area contributed by atoms with Crippen molar-refractivity contribution in [2.24, 2.45) is 0 Å². The van der Waals surface area contributed by atoms with E-state index in [4.69, 9.17) is 0 Å². The predicted octanol–water partition coefficient (Wildman–Crippen LogP) is 2.17. The van der Waals surface area contributed by atoms with Gasteiger partial charge in [-0.1, -0.05) is 38.5 Å². The summed E-state index contributed by atoms with van der Waals surface area (Å²) in [6, 6.07) is 5.72. The zero-order valence-electron chi connectivity index (χ0n) is 8.68. The molecule has 0 bridgehead atoms. The van der Waals surface area contributed by atoms with Gasteiger partial charge in [-0.25, -0.2) is 0 Å². The van der Waals surface area contributed by atoms with Gasteiger partial charge in [-0.2, -0.15) is 0 Å². The number of aromatic hydroxyl groups is 1. The van der Waals surface area contributed by atoms with E-state index in [2.05, 4.69) is 20.8 Å². The van der Waals surface area contributed by atoms with E-state index in [1.165, 1.54) is 5.56 Å². The molecular weight excluding hydrogens is 164 g/mol. The van der Waals surface area contributed by atoms with Crippen molar-refractivity contribution in [3.8, 4) is 5.75 Å². The minimum Gasteiger partial charge on any atom is -0.508 e. The normalized spacial score (nSPS) is 10.8. The fourth-order valence-electron chi connectivity index (χ4n) is 1.25. The maximum atomic E-state index is 9.57. The highest BCUT2D eigenvalue weighted by Gasteiger charge is 2.17. The Hall–Kier alpha value is -1.02. The van der Waals surface area contributed by atoms with Gasteiger partial charge in [0.05, 0.1) is 0 Å². The van der Waals surface area contributed by atoms with Crippen molar-refractivity contribution in [1.29, 1.82) is 0 Å². The molecule has 0 aliphatic heterocycles. The molecule has 2 nitrogen and oxygen atoms in total. The Morgan fingerprint density at radius 3 is 2.08 bits per heavy atom. The molecule has 3 N–H and O–H groups in total. The SMILES string of the molecule is Cc1ccc(O)c(C(C)(C)C)c1.O. The molecule has 13 heavy (non-hydrogen) atoms. The first-order valence-electron chi connectivity index (χ1n) is 4.21. The fourth-order valence-corrected chi connectivity index (χ4v) is 1.25. The molecule has 0 unspecified atom stereocenters. The standard InChI is InChI=1S/C11H16O.H2O/c1-8-5-6-10(12)9(7-8)11(2,3)4;/h5-7,12H,1-4H3;1H2. The third-order valence-electron chi connectivity index (χ3n) is 1.96. The second-order valence-electron chi connectivity index (χ2n) is 4.27. The lowest BCUT2D eigenvalue weighted by Crippen LogP contribution is -2.11. The Labute approximate surface area is 79.5 Å². The lowest BCUT2D eigenvalue weighted by Gasteiger charge is -2.20. The van der Waals surface area contributed by atoms with Gasteiger partial charge in [-0.05, 0) is 24.0 Å². The molecule has 0 saturated carbocycles. The van der Waals surface area contributed by atoms with Gasteiger partial charge in [0, 0.05) is 0 Å². The number of hydrogen-bond donors (Lipinski definition) is 1. The number of phenolic OH excluding ortho intramolecular Hbond substituents is 1. The van der Waals surface area contributed by atoms with E-state index in [1.807, 2.05) is 19.1 Å². The number of phenols is 1. The van der Waals surface area contributed by atoms with E-state index in [1.54, 1.807) is 6.07 Å². The summed E-state index contributed by atoms with van der Waals surface area (Å²) in [6.45, 7) is 8.33. The minimum atomic E-state index is 0. The van der Waals surface area contributed by atoms with Crippen LogP contribution < -0.4 is 0 Å². The summed E-state index contributed by atoms with van der Waals surface area (Å²) in [5, 5.41) is 9.57. The van der Waals surface area contributed by atoms with Gasteiger partial charge in [0.15, 0.2) is 0 Å². The lowest BCUT2D eigenvalue weighted by atomic mass is 9.85. The highest BCUT2D eigenvalue weighted by atomic mass is 16.3. The molecule has 0 aromatic heterocycles. The van der Waals surface area contributed by atoms with Gasteiger partial charge in [-0.3, -0.25) is 0 Å². The highest BCUT2D eigenvalue weighted by molar-refractivity contribution is 5.39. The van der Waals surface area contributed by atoms with Crippen LogP contribution in [-0.2, 0) is 5.41 Å². The van der Waals surface area contributed by atoms with Crippen LogP contribution >= 0.6 is 0 Å². The van der Waals surface area contributed by atoms with Gasteiger partial charge in [0.2, 0.25) is 0 Å². The molecule has 1 rings (SSSR count). The first-order valence-corrected chi connectivity index (χ1v) is 4.21. The molecule has 0 aliphatic rings. The monoisotopic (exact) mass is 182 g/mol. The van der Waals surface area contributed by atoms with Crippen molar-refractivity contribution in [1.82, 2.24) is 0 Å². The van der Waals surface area contributed by atoms with E-state index < -0.39 is 0 Å². The molecule has 0 aliphatic carbocycles. The molecule has 0 spiro atoms. The van der Waals surface area contributed by atoms with Crippen LogP contribution in [-0.4, -0.2) is 10.6 Å². The summed E-state index contributed by atoms with van der Waals surface area (Å²) in [6.07, 6.45) is 0. The van der Waals surface area contributed by atoms with Crippen LogP contribution in [0.15, 0.2) is 18.2 Å². The van der Waals surface area contributed by atoms with Gasteiger partial charge in [-0.15, -0.1) is 0 Å². The van der Waals surface area contributed by atoms with Crippen LogP contribution in [0.2, 0.25) is 0 Å². The number of hydrogen-bond acceptors (Lipinski definition) is 1. The Kier molecular flexibility index (Phi) is 3.50. The van der Waals surface area contributed by atoms with Crippen LogP contribution in [0.3, 0.4) is 0 Å². The summed E-state index contributed by atoms with van der Waals surface area (Å²) in [5.41, 5.74) is 2.23. The largest absolute Gasteiger partial charge is 0.508 e. The Balaban J connectivity index is 0.00000144. The van der Waals surface area contributed by atoms with Crippen LogP contribution in [0.5, 0.6) is 5.75 Å². The van der Waals surface area contributed by atoms with Gasteiger partial charge in [0.1, 0.15) is 5.75 Å². The molecule has 0 radical (unpaired) electrons. The van der Waals surface area contributed by atoms with Crippen molar-refractivity contribution < 1.29 is 10.6 Å². The molecule has 0 atom stereocenters. The predicted molar refractivity (Wildman–Crippen MR) is 55.2 cm³/mol. The van der Waals surface area contributed by atoms with Crippen molar-refractivity contribution >= 4 is 0 Å². The average molecular weight is 182 g/mol. The van der Waals surface area contributed by atoms with Gasteiger partial charge in [0.25, 0.3) is 0 Å². The lowest BCUT2D eigenvalue weighted by molar-refractivity contribution is 0.446. The summed E-state index contributed by atoms with van der Waals surface area (Å²) in [7, 11) is 0. The smallest absolute Gasteiger partial charge is 0.119 e.